The molecule has 0 saturated carbocycles. The summed E-state index contributed by atoms with van der Waals surface area (Å²) in [6.07, 6.45) is 0.216. The molecule has 120 valence electrons. The Hall–Kier alpha value is -1.13. The molecule has 0 aliphatic heterocycles. The zero-order valence-corrected chi connectivity index (χ0v) is 14.2. The van der Waals surface area contributed by atoms with Gasteiger partial charge >= 0.3 is 0 Å². The van der Waals surface area contributed by atoms with Crippen molar-refractivity contribution in [3.8, 4) is 0 Å². The van der Waals surface area contributed by atoms with Crippen molar-refractivity contribution in [2.75, 3.05) is 25.1 Å². The number of halogens is 1. The summed E-state index contributed by atoms with van der Waals surface area (Å²) in [7, 11) is 1.97. The minimum Gasteiger partial charge on any atom is -0.377 e. The second-order valence-corrected chi connectivity index (χ2v) is 6.68. The molecule has 1 aromatic carbocycles. The van der Waals surface area contributed by atoms with Crippen molar-refractivity contribution >= 4 is 5.69 Å². The summed E-state index contributed by atoms with van der Waals surface area (Å²) in [5.41, 5.74) is 1.58. The Kier molecular flexibility index (Phi) is 6.62. The third-order valence-corrected chi connectivity index (χ3v) is 3.18. The first-order valence-corrected chi connectivity index (χ1v) is 7.56. The van der Waals surface area contributed by atoms with E-state index in [1.807, 2.05) is 31.9 Å². The SMILES string of the molecule is CC(C)OCCN(C)c1cccc(F)c1CNC(C)(C)C. The van der Waals surface area contributed by atoms with Gasteiger partial charge in [0.1, 0.15) is 5.82 Å². The summed E-state index contributed by atoms with van der Waals surface area (Å²) in [5, 5.41) is 3.35. The van der Waals surface area contributed by atoms with Crippen molar-refractivity contribution in [2.45, 2.75) is 52.8 Å². The maximum Gasteiger partial charge on any atom is 0.129 e. The summed E-state index contributed by atoms with van der Waals surface area (Å²) >= 11 is 0. The van der Waals surface area contributed by atoms with E-state index < -0.39 is 0 Å². The van der Waals surface area contributed by atoms with E-state index in [2.05, 4.69) is 26.1 Å². The molecule has 1 aromatic rings. The monoisotopic (exact) mass is 296 g/mol. The summed E-state index contributed by atoms with van der Waals surface area (Å²) in [4.78, 5) is 2.05. The lowest BCUT2D eigenvalue weighted by molar-refractivity contribution is 0.0846. The van der Waals surface area contributed by atoms with Gasteiger partial charge in [0.2, 0.25) is 0 Å². The summed E-state index contributed by atoms with van der Waals surface area (Å²) in [6.45, 7) is 12.2. The summed E-state index contributed by atoms with van der Waals surface area (Å²) in [5.74, 6) is -0.166. The van der Waals surface area contributed by atoms with Crippen LogP contribution in [0.25, 0.3) is 0 Å². The Morgan fingerprint density at radius 2 is 1.95 bits per heavy atom. The quantitative estimate of drug-likeness (QED) is 0.832. The number of nitrogens with one attached hydrogen (secondary N) is 1. The first kappa shape index (κ1) is 17.9. The zero-order chi connectivity index (χ0) is 16.0. The predicted molar refractivity (Wildman–Crippen MR) is 87.4 cm³/mol. The molecule has 4 heteroatoms. The van der Waals surface area contributed by atoms with E-state index in [0.717, 1.165) is 12.2 Å². The van der Waals surface area contributed by atoms with Crippen molar-refractivity contribution in [3.63, 3.8) is 0 Å². The number of ether oxygens (including phenoxy) is 1. The van der Waals surface area contributed by atoms with E-state index in [0.29, 0.717) is 18.7 Å². The van der Waals surface area contributed by atoms with E-state index >= 15 is 0 Å². The van der Waals surface area contributed by atoms with E-state index in [-0.39, 0.29) is 17.5 Å². The van der Waals surface area contributed by atoms with Crippen LogP contribution in [0.15, 0.2) is 18.2 Å². The highest BCUT2D eigenvalue weighted by atomic mass is 19.1. The molecular formula is C17H29FN2O. The number of hydrogen-bond acceptors (Lipinski definition) is 3. The summed E-state index contributed by atoms with van der Waals surface area (Å²) in [6, 6.07) is 5.23. The first-order valence-electron chi connectivity index (χ1n) is 7.56. The minimum absolute atomic E-state index is 0.0428. The molecule has 0 bridgehead atoms. The first-order chi connectivity index (χ1) is 9.70. The highest BCUT2D eigenvalue weighted by Crippen LogP contribution is 2.23. The van der Waals surface area contributed by atoms with Gasteiger partial charge in [-0.1, -0.05) is 6.07 Å². The molecule has 0 fully saturated rings. The second kappa shape index (κ2) is 7.76. The molecule has 0 spiro atoms. The van der Waals surface area contributed by atoms with Gasteiger partial charge in [-0.15, -0.1) is 0 Å². The fourth-order valence-corrected chi connectivity index (χ4v) is 1.98. The highest BCUT2D eigenvalue weighted by Gasteiger charge is 2.15. The molecule has 0 amide bonds. The zero-order valence-electron chi connectivity index (χ0n) is 14.2. The molecule has 3 nitrogen and oxygen atoms in total. The van der Waals surface area contributed by atoms with Gasteiger partial charge in [-0.25, -0.2) is 4.39 Å². The van der Waals surface area contributed by atoms with Crippen molar-refractivity contribution < 1.29 is 9.13 Å². The average Bonchev–Trinajstić information content (AvgIpc) is 2.35. The van der Waals surface area contributed by atoms with E-state index in [1.54, 1.807) is 6.07 Å². The van der Waals surface area contributed by atoms with Crippen LogP contribution in [-0.4, -0.2) is 31.8 Å². The molecule has 0 heterocycles. The van der Waals surface area contributed by atoms with E-state index in [4.69, 9.17) is 4.74 Å². The standard InChI is InChI=1S/C17H29FN2O/c1-13(2)21-11-10-20(6)16-9-7-8-15(18)14(16)12-19-17(3,4)5/h7-9,13,19H,10-12H2,1-6H3. The Labute approximate surface area is 128 Å². The fourth-order valence-electron chi connectivity index (χ4n) is 1.98. The van der Waals surface area contributed by atoms with Gasteiger partial charge in [-0.05, 0) is 46.8 Å². The van der Waals surface area contributed by atoms with Crippen LogP contribution in [0.3, 0.4) is 0 Å². The van der Waals surface area contributed by atoms with Gasteiger partial charge in [-0.2, -0.15) is 0 Å². The number of likely N-dealkylation sites (N-methyl/N-ethyl adjacent to an activating group) is 1. The van der Waals surface area contributed by atoms with Crippen LogP contribution in [0.2, 0.25) is 0 Å². The normalized spacial score (nSPS) is 12.0. The highest BCUT2D eigenvalue weighted by molar-refractivity contribution is 5.53. The number of nitrogens with zero attached hydrogens (tertiary/aromatic N) is 1. The second-order valence-electron chi connectivity index (χ2n) is 6.68. The van der Waals surface area contributed by atoms with Gasteiger partial charge in [0.05, 0.1) is 12.7 Å². The van der Waals surface area contributed by atoms with Gasteiger partial charge in [0, 0.05) is 36.9 Å². The van der Waals surface area contributed by atoms with Gasteiger partial charge in [0.25, 0.3) is 0 Å². The Bertz CT molecular complexity index is 441. The van der Waals surface area contributed by atoms with Crippen molar-refractivity contribution in [3.05, 3.63) is 29.6 Å². The fraction of sp³-hybridized carbons (Fsp3) is 0.647. The molecule has 0 radical (unpaired) electrons. The van der Waals surface area contributed by atoms with E-state index in [9.17, 15) is 4.39 Å². The van der Waals surface area contributed by atoms with Crippen LogP contribution in [0.4, 0.5) is 10.1 Å². The number of rotatable bonds is 7. The van der Waals surface area contributed by atoms with Crippen LogP contribution < -0.4 is 10.2 Å². The molecule has 21 heavy (non-hydrogen) atoms. The summed E-state index contributed by atoms with van der Waals surface area (Å²) < 4.78 is 19.7. The molecule has 0 aliphatic carbocycles. The average molecular weight is 296 g/mol. The van der Waals surface area contributed by atoms with Crippen LogP contribution in [-0.2, 0) is 11.3 Å². The number of hydrogen-bond donors (Lipinski definition) is 1. The maximum atomic E-state index is 14.1. The predicted octanol–water partition coefficient (Wildman–Crippen LogP) is 3.58. The molecule has 1 N–H and O–H groups in total. The van der Waals surface area contributed by atoms with Gasteiger partial charge < -0.3 is 15.0 Å². The van der Waals surface area contributed by atoms with Crippen molar-refractivity contribution in [1.29, 1.82) is 0 Å². The van der Waals surface area contributed by atoms with Gasteiger partial charge in [0.15, 0.2) is 0 Å². The third-order valence-electron chi connectivity index (χ3n) is 3.18. The van der Waals surface area contributed by atoms with Crippen LogP contribution >= 0.6 is 0 Å². The molecule has 0 atom stereocenters. The van der Waals surface area contributed by atoms with Crippen LogP contribution in [0.5, 0.6) is 0 Å². The van der Waals surface area contributed by atoms with E-state index in [1.165, 1.54) is 6.07 Å². The number of benzene rings is 1. The molecular weight excluding hydrogens is 267 g/mol. The lowest BCUT2D eigenvalue weighted by Crippen LogP contribution is -2.36. The van der Waals surface area contributed by atoms with Crippen LogP contribution in [0, 0.1) is 5.82 Å². The maximum absolute atomic E-state index is 14.1. The topological polar surface area (TPSA) is 24.5 Å². The van der Waals surface area contributed by atoms with Crippen LogP contribution in [0.1, 0.15) is 40.2 Å². The molecule has 0 saturated heterocycles. The van der Waals surface area contributed by atoms with Crippen molar-refractivity contribution in [1.82, 2.24) is 5.32 Å². The lowest BCUT2D eigenvalue weighted by Gasteiger charge is -2.26. The molecule has 1 rings (SSSR count). The molecule has 0 aliphatic rings. The lowest BCUT2D eigenvalue weighted by atomic mass is 10.1. The largest absolute Gasteiger partial charge is 0.377 e. The minimum atomic E-state index is -0.166. The third kappa shape index (κ3) is 6.44. The Balaban J connectivity index is 2.78. The smallest absolute Gasteiger partial charge is 0.129 e. The van der Waals surface area contributed by atoms with Crippen molar-refractivity contribution in [2.24, 2.45) is 0 Å². The van der Waals surface area contributed by atoms with Gasteiger partial charge in [-0.3, -0.25) is 0 Å². The Morgan fingerprint density at radius 3 is 2.52 bits per heavy atom. The molecule has 0 unspecified atom stereocenters. The molecule has 0 aromatic heterocycles. The number of anilines is 1. The Morgan fingerprint density at radius 1 is 1.29 bits per heavy atom.